The van der Waals surface area contributed by atoms with Crippen LogP contribution in [0.3, 0.4) is 0 Å². The van der Waals surface area contributed by atoms with Crippen LogP contribution in [0.15, 0.2) is 15.0 Å². The molecule has 2 nitrogen and oxygen atoms in total. The molecule has 19 heavy (non-hydrogen) atoms. The predicted octanol–water partition coefficient (Wildman–Crippen LogP) is 5.04. The van der Waals surface area contributed by atoms with Crippen molar-refractivity contribution in [2.24, 2.45) is 5.92 Å². The molecular weight excluding hydrogens is 333 g/mol. The quantitative estimate of drug-likeness (QED) is 0.783. The second-order valence-corrected chi connectivity index (χ2v) is 6.29. The summed E-state index contributed by atoms with van der Waals surface area (Å²) in [5.74, 6) is 0.886. The van der Waals surface area contributed by atoms with Crippen LogP contribution in [0, 0.1) is 18.7 Å². The first-order chi connectivity index (χ1) is 8.91. The fraction of sp³-hybridized carbons (Fsp3) is 0.429. The van der Waals surface area contributed by atoms with E-state index in [0.29, 0.717) is 27.9 Å². The van der Waals surface area contributed by atoms with Crippen LogP contribution < -0.4 is 5.32 Å². The van der Waals surface area contributed by atoms with Gasteiger partial charge in [-0.15, -0.1) is 0 Å². The van der Waals surface area contributed by atoms with Crippen LogP contribution >= 0.6 is 27.5 Å². The maximum absolute atomic E-state index is 14.1. The molecule has 2 rings (SSSR count). The van der Waals surface area contributed by atoms with Gasteiger partial charge in [-0.1, -0.05) is 25.4 Å². The van der Waals surface area contributed by atoms with Gasteiger partial charge in [0.05, 0.1) is 21.4 Å². The Bertz CT molecular complexity index is 609. The van der Waals surface area contributed by atoms with Gasteiger partial charge in [-0.25, -0.2) is 4.39 Å². The highest BCUT2D eigenvalue weighted by molar-refractivity contribution is 9.10. The monoisotopic (exact) mass is 347 g/mol. The average Bonchev–Trinajstić information content (AvgIpc) is 2.65. The molecule has 2 aromatic rings. The van der Waals surface area contributed by atoms with E-state index in [0.717, 1.165) is 17.9 Å². The first kappa shape index (κ1) is 14.8. The van der Waals surface area contributed by atoms with Gasteiger partial charge in [0.15, 0.2) is 11.4 Å². The maximum atomic E-state index is 14.1. The summed E-state index contributed by atoms with van der Waals surface area (Å²) in [5.41, 5.74) is 1.31. The van der Waals surface area contributed by atoms with Crippen molar-refractivity contribution in [3.05, 3.63) is 32.7 Å². The van der Waals surface area contributed by atoms with Crippen LogP contribution in [0.1, 0.15) is 25.2 Å². The molecule has 1 N–H and O–H groups in total. The molecule has 0 aliphatic rings. The summed E-state index contributed by atoms with van der Waals surface area (Å²) in [6, 6.07) is 1.52. The molecule has 0 fully saturated rings. The van der Waals surface area contributed by atoms with Crippen LogP contribution in [-0.4, -0.2) is 6.54 Å². The van der Waals surface area contributed by atoms with Crippen molar-refractivity contribution in [2.45, 2.75) is 27.3 Å². The normalized spacial score (nSPS) is 11.7. The molecule has 1 aromatic carbocycles. The number of hydrogen-bond acceptors (Lipinski definition) is 2. The van der Waals surface area contributed by atoms with Gasteiger partial charge in [0.1, 0.15) is 5.76 Å². The summed E-state index contributed by atoms with van der Waals surface area (Å²) in [6.07, 6.45) is 0. The molecule has 0 aliphatic carbocycles. The Labute approximate surface area is 125 Å². The molecule has 1 aromatic heterocycles. The summed E-state index contributed by atoms with van der Waals surface area (Å²) < 4.78 is 20.5. The van der Waals surface area contributed by atoms with E-state index in [9.17, 15) is 4.39 Å². The Balaban J connectivity index is 2.40. The average molecular weight is 349 g/mol. The van der Waals surface area contributed by atoms with Crippen molar-refractivity contribution in [1.29, 1.82) is 0 Å². The van der Waals surface area contributed by atoms with E-state index in [2.05, 4.69) is 35.1 Å². The van der Waals surface area contributed by atoms with Crippen LogP contribution in [0.4, 0.5) is 4.39 Å². The van der Waals surface area contributed by atoms with Crippen molar-refractivity contribution in [3.8, 4) is 0 Å². The first-order valence-electron chi connectivity index (χ1n) is 6.18. The van der Waals surface area contributed by atoms with E-state index >= 15 is 0 Å². The van der Waals surface area contributed by atoms with E-state index in [1.54, 1.807) is 0 Å². The molecule has 0 spiro atoms. The van der Waals surface area contributed by atoms with Crippen LogP contribution in [0.25, 0.3) is 11.0 Å². The van der Waals surface area contributed by atoms with Gasteiger partial charge in [0.2, 0.25) is 0 Å². The Hall–Kier alpha value is -0.580. The second-order valence-electron chi connectivity index (χ2n) is 5.03. The van der Waals surface area contributed by atoms with Crippen LogP contribution in [0.2, 0.25) is 5.02 Å². The lowest BCUT2D eigenvalue weighted by Crippen LogP contribution is -2.18. The number of fused-ring (bicyclic) bond motifs is 1. The van der Waals surface area contributed by atoms with E-state index in [1.165, 1.54) is 6.07 Å². The van der Waals surface area contributed by atoms with Gasteiger partial charge >= 0.3 is 0 Å². The predicted molar refractivity (Wildman–Crippen MR) is 80.2 cm³/mol. The Kier molecular flexibility index (Phi) is 4.54. The fourth-order valence-electron chi connectivity index (χ4n) is 2.00. The molecule has 0 aliphatic heterocycles. The Morgan fingerprint density at radius 2 is 2.16 bits per heavy atom. The number of furan rings is 1. The summed E-state index contributed by atoms with van der Waals surface area (Å²) in [4.78, 5) is 0. The number of hydrogen-bond donors (Lipinski definition) is 1. The molecule has 0 atom stereocenters. The smallest absolute Gasteiger partial charge is 0.153 e. The van der Waals surface area contributed by atoms with E-state index in [4.69, 9.17) is 16.0 Å². The van der Waals surface area contributed by atoms with Crippen molar-refractivity contribution in [2.75, 3.05) is 6.54 Å². The zero-order valence-electron chi connectivity index (χ0n) is 11.1. The van der Waals surface area contributed by atoms with Gasteiger partial charge < -0.3 is 9.73 Å². The van der Waals surface area contributed by atoms with Gasteiger partial charge in [0, 0.05) is 5.56 Å². The highest BCUT2D eigenvalue weighted by Crippen LogP contribution is 2.36. The highest BCUT2D eigenvalue weighted by atomic mass is 79.9. The molecule has 0 amide bonds. The summed E-state index contributed by atoms with van der Waals surface area (Å²) >= 11 is 9.21. The molecule has 0 saturated heterocycles. The SMILES string of the molecule is Cc1c(CNCC(C)C)oc2c(Br)cc(Cl)c(F)c12. The lowest BCUT2D eigenvalue weighted by molar-refractivity contribution is 0.482. The first-order valence-corrected chi connectivity index (χ1v) is 7.35. The lowest BCUT2D eigenvalue weighted by atomic mass is 10.1. The minimum atomic E-state index is -0.420. The Morgan fingerprint density at radius 1 is 1.47 bits per heavy atom. The molecule has 104 valence electrons. The van der Waals surface area contributed by atoms with Crippen molar-refractivity contribution >= 4 is 38.5 Å². The largest absolute Gasteiger partial charge is 0.458 e. The zero-order valence-corrected chi connectivity index (χ0v) is 13.5. The van der Waals surface area contributed by atoms with Crippen molar-refractivity contribution in [1.82, 2.24) is 5.32 Å². The van der Waals surface area contributed by atoms with E-state index < -0.39 is 5.82 Å². The summed E-state index contributed by atoms with van der Waals surface area (Å²) in [5, 5.41) is 3.85. The third-order valence-corrected chi connectivity index (χ3v) is 3.85. The third-order valence-electron chi connectivity index (χ3n) is 2.98. The number of nitrogens with one attached hydrogen (secondary N) is 1. The molecular formula is C14H16BrClFNO. The molecule has 0 bridgehead atoms. The van der Waals surface area contributed by atoms with Gasteiger partial charge in [-0.3, -0.25) is 0 Å². The number of halogens is 3. The minimum absolute atomic E-state index is 0.102. The second kappa shape index (κ2) is 5.81. The van der Waals surface area contributed by atoms with Gasteiger partial charge in [-0.2, -0.15) is 0 Å². The number of benzene rings is 1. The Morgan fingerprint density at radius 3 is 2.79 bits per heavy atom. The van der Waals surface area contributed by atoms with E-state index in [1.807, 2.05) is 6.92 Å². The van der Waals surface area contributed by atoms with Gasteiger partial charge in [0.25, 0.3) is 0 Å². The molecule has 0 radical (unpaired) electrons. The standard InChI is InChI=1S/C14H16BrClFNO/c1-7(2)5-18-6-11-8(3)12-13(17)10(16)4-9(15)14(12)19-11/h4,7,18H,5-6H2,1-3H3. The maximum Gasteiger partial charge on any atom is 0.153 e. The minimum Gasteiger partial charge on any atom is -0.458 e. The topological polar surface area (TPSA) is 25.2 Å². The van der Waals surface area contributed by atoms with Crippen molar-refractivity contribution in [3.63, 3.8) is 0 Å². The zero-order chi connectivity index (χ0) is 14.2. The number of aryl methyl sites for hydroxylation is 1. The third kappa shape index (κ3) is 2.96. The lowest BCUT2D eigenvalue weighted by Gasteiger charge is -2.05. The molecule has 5 heteroatoms. The molecule has 1 heterocycles. The summed E-state index contributed by atoms with van der Waals surface area (Å²) in [6.45, 7) is 7.59. The van der Waals surface area contributed by atoms with Crippen LogP contribution in [0.5, 0.6) is 0 Å². The summed E-state index contributed by atoms with van der Waals surface area (Å²) in [7, 11) is 0. The van der Waals surface area contributed by atoms with E-state index in [-0.39, 0.29) is 5.02 Å². The van der Waals surface area contributed by atoms with Gasteiger partial charge in [-0.05, 0) is 41.4 Å². The number of rotatable bonds is 4. The van der Waals surface area contributed by atoms with Crippen LogP contribution in [-0.2, 0) is 6.54 Å². The van der Waals surface area contributed by atoms with Crippen molar-refractivity contribution < 1.29 is 8.81 Å². The molecule has 0 saturated carbocycles. The highest BCUT2D eigenvalue weighted by Gasteiger charge is 2.19. The fourth-order valence-corrected chi connectivity index (χ4v) is 2.84. The molecule has 0 unspecified atom stereocenters.